The first kappa shape index (κ1) is 82.9. The van der Waals surface area contributed by atoms with Gasteiger partial charge in [-0.1, -0.05) is 283 Å². The van der Waals surface area contributed by atoms with Gasteiger partial charge in [0.25, 0.3) is 0 Å². The lowest BCUT2D eigenvalue weighted by atomic mass is 10.0. The molecule has 0 aromatic heterocycles. The van der Waals surface area contributed by atoms with E-state index in [4.69, 9.17) is 13.8 Å². The Labute approximate surface area is 536 Å². The summed E-state index contributed by atoms with van der Waals surface area (Å²) in [4.78, 5) is 37.9. The van der Waals surface area contributed by atoms with Crippen LogP contribution in [0, 0.1) is 0 Å². The number of phosphoric ester groups is 1. The second kappa shape index (κ2) is 64.9. The lowest BCUT2D eigenvalue weighted by Gasteiger charge is -2.27. The maximum Gasteiger partial charge on any atom is 0.472 e. The zero-order valence-corrected chi connectivity index (χ0v) is 57.6. The second-order valence-electron chi connectivity index (χ2n) is 24.3. The molecule has 0 radical (unpaired) electrons. The molecule has 1 amide bonds. The van der Waals surface area contributed by atoms with Crippen molar-refractivity contribution >= 4 is 19.7 Å². The van der Waals surface area contributed by atoms with Crippen molar-refractivity contribution < 1.29 is 37.3 Å². The second-order valence-corrected chi connectivity index (χ2v) is 25.7. The third-order valence-electron chi connectivity index (χ3n) is 14.8. The maximum atomic E-state index is 13.6. The molecule has 0 fully saturated rings. The van der Waals surface area contributed by atoms with Gasteiger partial charge >= 0.3 is 13.8 Å². The molecule has 0 heterocycles. The van der Waals surface area contributed by atoms with E-state index >= 15 is 0 Å². The SMILES string of the molecule is CC/C=C\C/C=C\C/C=C\C/C=C\C/C=C\C/C=C\CCCCCCCCCCC(=O)OC(/C=C\CCCCCCCCCCCCC)C(COP(=O)(O)OCC[N+](C)(C)C)NC(=O)CCCCCCC/C=C\C/C=C\C/C=C\C/C=C\C/C=C\CC. The minimum atomic E-state index is -4.47. The van der Waals surface area contributed by atoms with Crippen LogP contribution in [0.5, 0.6) is 0 Å². The zero-order chi connectivity index (χ0) is 63.5. The Morgan fingerprint density at radius 3 is 1.10 bits per heavy atom. The lowest BCUT2D eigenvalue weighted by molar-refractivity contribution is -0.870. The highest BCUT2D eigenvalue weighted by Crippen LogP contribution is 2.43. The Hall–Kier alpha value is -4.11. The number of unbranched alkanes of at least 4 members (excludes halogenated alkanes) is 24. The van der Waals surface area contributed by atoms with Crippen LogP contribution in [0.15, 0.2) is 146 Å². The van der Waals surface area contributed by atoms with E-state index in [0.717, 1.165) is 161 Å². The number of nitrogens with one attached hydrogen (secondary N) is 1. The van der Waals surface area contributed by atoms with Crippen molar-refractivity contribution in [3.8, 4) is 0 Å². The number of phosphoric acid groups is 1. The summed E-state index contributed by atoms with van der Waals surface area (Å²) in [5.41, 5.74) is 0. The number of carbonyl (C=O) groups excluding carboxylic acids is 2. The van der Waals surface area contributed by atoms with Crippen molar-refractivity contribution in [3.05, 3.63) is 146 Å². The van der Waals surface area contributed by atoms with Crippen LogP contribution < -0.4 is 5.32 Å². The first-order chi connectivity index (χ1) is 42.4. The molecule has 9 nitrogen and oxygen atoms in total. The van der Waals surface area contributed by atoms with Crippen molar-refractivity contribution in [2.24, 2.45) is 0 Å². The number of hydrogen-bond acceptors (Lipinski definition) is 6. The molecule has 87 heavy (non-hydrogen) atoms. The molecule has 3 unspecified atom stereocenters. The molecule has 0 saturated heterocycles. The van der Waals surface area contributed by atoms with Crippen molar-refractivity contribution in [3.63, 3.8) is 0 Å². The Morgan fingerprint density at radius 2 is 0.736 bits per heavy atom. The lowest BCUT2D eigenvalue weighted by Crippen LogP contribution is -2.47. The molecule has 3 atom stereocenters. The minimum absolute atomic E-state index is 0.0268. The molecule has 2 N–H and O–H groups in total. The Balaban J connectivity index is 5.19. The van der Waals surface area contributed by atoms with E-state index in [-0.39, 0.29) is 31.5 Å². The highest BCUT2D eigenvalue weighted by molar-refractivity contribution is 7.47. The Morgan fingerprint density at radius 1 is 0.414 bits per heavy atom. The number of ether oxygens (including phenoxy) is 1. The summed E-state index contributed by atoms with van der Waals surface area (Å²) in [5.74, 6) is -0.543. The number of allylic oxidation sites excluding steroid dienone is 23. The molecule has 0 rings (SSSR count). The average Bonchev–Trinajstić information content (AvgIpc) is 3.70. The minimum Gasteiger partial charge on any atom is -0.456 e. The number of carbonyl (C=O) groups is 2. The van der Waals surface area contributed by atoms with Gasteiger partial charge in [0.2, 0.25) is 5.91 Å². The molecule has 0 saturated carbocycles. The van der Waals surface area contributed by atoms with Gasteiger partial charge in [-0.15, -0.1) is 0 Å². The Bertz CT molecular complexity index is 2000. The van der Waals surface area contributed by atoms with Crippen LogP contribution in [-0.2, 0) is 27.9 Å². The van der Waals surface area contributed by atoms with Crippen LogP contribution in [0.2, 0.25) is 0 Å². The van der Waals surface area contributed by atoms with Crippen molar-refractivity contribution in [2.75, 3.05) is 40.9 Å². The van der Waals surface area contributed by atoms with E-state index < -0.39 is 20.0 Å². The van der Waals surface area contributed by atoms with Gasteiger partial charge in [0.05, 0.1) is 33.8 Å². The van der Waals surface area contributed by atoms with Crippen LogP contribution in [0.4, 0.5) is 0 Å². The molecule has 0 aliphatic heterocycles. The topological polar surface area (TPSA) is 111 Å². The van der Waals surface area contributed by atoms with Gasteiger partial charge in [0.1, 0.15) is 19.3 Å². The largest absolute Gasteiger partial charge is 0.472 e. The summed E-state index contributed by atoms with van der Waals surface area (Å²) in [7, 11) is 1.46. The van der Waals surface area contributed by atoms with Gasteiger partial charge in [-0.25, -0.2) is 4.57 Å². The van der Waals surface area contributed by atoms with E-state index in [1.807, 2.05) is 33.3 Å². The van der Waals surface area contributed by atoms with Gasteiger partial charge in [-0.05, 0) is 128 Å². The summed E-state index contributed by atoms with van der Waals surface area (Å²) >= 11 is 0. The molecule has 0 spiro atoms. The number of rotatable bonds is 62. The molecular formula is C77H132N2O7P+. The molecule has 0 bridgehead atoms. The fourth-order valence-corrected chi connectivity index (χ4v) is 10.2. The van der Waals surface area contributed by atoms with Gasteiger partial charge in [-0.2, -0.15) is 0 Å². The number of esters is 1. The maximum absolute atomic E-state index is 13.6. The van der Waals surface area contributed by atoms with E-state index in [2.05, 4.69) is 160 Å². The summed E-state index contributed by atoms with van der Waals surface area (Å²) in [6.45, 7) is 6.76. The highest BCUT2D eigenvalue weighted by atomic mass is 31.2. The predicted molar refractivity (Wildman–Crippen MR) is 378 cm³/mol. The molecule has 0 aliphatic rings. The van der Waals surface area contributed by atoms with Gasteiger partial charge in [0, 0.05) is 12.8 Å². The summed E-state index contributed by atoms with van der Waals surface area (Å²) in [6, 6.07) is -0.875. The predicted octanol–water partition coefficient (Wildman–Crippen LogP) is 22.6. The van der Waals surface area contributed by atoms with Gasteiger partial charge < -0.3 is 19.4 Å². The average molecular weight is 1230 g/mol. The van der Waals surface area contributed by atoms with Crippen molar-refractivity contribution in [1.82, 2.24) is 5.32 Å². The van der Waals surface area contributed by atoms with Crippen LogP contribution >= 0.6 is 7.82 Å². The third kappa shape index (κ3) is 66.1. The monoisotopic (exact) mass is 1230 g/mol. The zero-order valence-electron chi connectivity index (χ0n) is 56.7. The molecule has 0 aliphatic carbocycles. The normalized spacial score (nSPS) is 14.4. The fourth-order valence-electron chi connectivity index (χ4n) is 9.44. The van der Waals surface area contributed by atoms with E-state index in [1.54, 1.807) is 0 Å². The van der Waals surface area contributed by atoms with Crippen molar-refractivity contribution in [2.45, 2.75) is 290 Å². The quantitative estimate of drug-likeness (QED) is 0.0205. The van der Waals surface area contributed by atoms with E-state index in [1.165, 1.54) is 83.5 Å². The van der Waals surface area contributed by atoms with Crippen LogP contribution in [0.3, 0.4) is 0 Å². The van der Waals surface area contributed by atoms with Crippen LogP contribution in [0.25, 0.3) is 0 Å². The first-order valence-electron chi connectivity index (χ1n) is 35.2. The van der Waals surface area contributed by atoms with E-state index in [0.29, 0.717) is 17.4 Å². The highest BCUT2D eigenvalue weighted by Gasteiger charge is 2.30. The van der Waals surface area contributed by atoms with Crippen LogP contribution in [0.1, 0.15) is 278 Å². The molecule has 496 valence electrons. The number of quaternary nitrogens is 1. The Kier molecular flexibility index (Phi) is 61.8. The smallest absolute Gasteiger partial charge is 0.456 e. The molecule has 10 heteroatoms. The molecular weight excluding hydrogens is 1100 g/mol. The first-order valence-corrected chi connectivity index (χ1v) is 36.7. The summed E-state index contributed by atoms with van der Waals surface area (Å²) in [5, 5.41) is 3.05. The summed E-state index contributed by atoms with van der Waals surface area (Å²) in [6.07, 6.45) is 94.2. The fraction of sp³-hybridized carbons (Fsp3) is 0.662. The van der Waals surface area contributed by atoms with Crippen LogP contribution in [-0.4, -0.2) is 74.3 Å². The van der Waals surface area contributed by atoms with Gasteiger partial charge in [-0.3, -0.25) is 18.6 Å². The number of hydrogen-bond donors (Lipinski definition) is 2. The number of likely N-dealkylation sites (N-methyl/N-ethyl adjacent to an activating group) is 1. The standard InChI is InChI=1S/C77H131N2O7P/c1-7-10-13-16-19-22-25-28-30-32-34-36-37-38-39-40-41-43-45-47-49-52-55-58-61-64-67-70-77(81)86-75(68-65-62-59-56-53-50-27-24-21-18-15-12-9-3)74(73-85-87(82,83)84-72-71-79(4,5)6)78-76(80)69-66-63-60-57-54-51-48-46-44-42-35-33-31-29-26-23-20-17-14-11-8-2/h10-11,13-14,19-20,22-23,28-31,34-36,38-39,41-43,46,48,65,68,74-75H,7-9,12,15-18,21,24-27,32-33,37,40,44-45,47,49-64,66-67,69-73H2,1-6H3,(H-,78,80,82,83)/p+1/b13-10-,14-11-,22-19-,23-20-,30-28-,31-29-,36-34-,39-38-,42-35-,43-41-,48-46-,68-65-. The van der Waals surface area contributed by atoms with Crippen molar-refractivity contribution in [1.29, 1.82) is 0 Å². The van der Waals surface area contributed by atoms with Gasteiger partial charge in [0.15, 0.2) is 0 Å². The van der Waals surface area contributed by atoms with E-state index in [9.17, 15) is 19.0 Å². The molecule has 0 aromatic carbocycles. The number of amides is 1. The molecule has 0 aromatic rings. The summed E-state index contributed by atoms with van der Waals surface area (Å²) < 4.78 is 30.8. The number of nitrogens with zero attached hydrogens (tertiary/aromatic N) is 1. The third-order valence-corrected chi connectivity index (χ3v) is 15.8.